The van der Waals surface area contributed by atoms with Gasteiger partial charge in [0.15, 0.2) is 0 Å². The summed E-state index contributed by atoms with van der Waals surface area (Å²) in [4.78, 5) is 14.5. The summed E-state index contributed by atoms with van der Waals surface area (Å²) >= 11 is 5.89. The second-order valence-electron chi connectivity index (χ2n) is 9.57. The van der Waals surface area contributed by atoms with Gasteiger partial charge in [-0.15, -0.1) is 0 Å². The molecule has 0 saturated heterocycles. The van der Waals surface area contributed by atoms with Gasteiger partial charge in [0.05, 0.1) is 17.8 Å². The van der Waals surface area contributed by atoms with Gasteiger partial charge in [0.2, 0.25) is 0 Å². The predicted molar refractivity (Wildman–Crippen MR) is 154 cm³/mol. The maximum atomic E-state index is 14.7. The zero-order valence-corrected chi connectivity index (χ0v) is 23.5. The molecule has 10 heteroatoms. The van der Waals surface area contributed by atoms with E-state index in [1.54, 1.807) is 59.5 Å². The van der Waals surface area contributed by atoms with E-state index in [0.29, 0.717) is 41.4 Å². The van der Waals surface area contributed by atoms with Gasteiger partial charge in [-0.25, -0.2) is 4.39 Å². The van der Waals surface area contributed by atoms with Crippen molar-refractivity contribution >= 4 is 28.4 Å². The summed E-state index contributed by atoms with van der Waals surface area (Å²) in [6.45, 7) is 4.88. The highest BCUT2D eigenvalue weighted by Crippen LogP contribution is 2.39. The molecule has 0 aliphatic carbocycles. The van der Waals surface area contributed by atoms with Gasteiger partial charge in [0, 0.05) is 40.2 Å². The van der Waals surface area contributed by atoms with Gasteiger partial charge in [-0.05, 0) is 74.5 Å². The summed E-state index contributed by atoms with van der Waals surface area (Å²) in [5.41, 5.74) is 0.562. The molecule has 1 heterocycles. The molecule has 0 N–H and O–H groups in total. The molecule has 0 aliphatic rings. The van der Waals surface area contributed by atoms with Crippen molar-refractivity contribution in [2.24, 2.45) is 0 Å². The molecule has 0 saturated carbocycles. The second-order valence-corrected chi connectivity index (χ2v) is 10.0. The Hall–Kier alpha value is -4.37. The van der Waals surface area contributed by atoms with E-state index in [-0.39, 0.29) is 33.9 Å². The van der Waals surface area contributed by atoms with Crippen LogP contribution in [0.2, 0.25) is 5.02 Å². The van der Waals surface area contributed by atoms with E-state index in [1.807, 2.05) is 13.8 Å². The molecule has 0 spiro atoms. The minimum absolute atomic E-state index is 0.101. The normalized spacial score (nSPS) is 11.6. The lowest BCUT2D eigenvalue weighted by molar-refractivity contribution is -0.136. The monoisotopic (exact) mass is 595 g/mol. The highest BCUT2D eigenvalue weighted by atomic mass is 35.5. The number of benzene rings is 4. The molecule has 5 aromatic rings. The summed E-state index contributed by atoms with van der Waals surface area (Å²) in [6, 6.07) is 21.6. The average molecular weight is 596 g/mol. The zero-order valence-electron chi connectivity index (χ0n) is 22.8. The molecule has 1 amide bonds. The van der Waals surface area contributed by atoms with Crippen molar-refractivity contribution in [3.8, 4) is 22.8 Å². The first-order valence-corrected chi connectivity index (χ1v) is 13.6. The van der Waals surface area contributed by atoms with Gasteiger partial charge in [-0.1, -0.05) is 35.9 Å². The van der Waals surface area contributed by atoms with Crippen molar-refractivity contribution in [3.05, 3.63) is 112 Å². The van der Waals surface area contributed by atoms with Crippen LogP contribution < -0.4 is 4.74 Å². The third-order valence-electron chi connectivity index (χ3n) is 6.91. The lowest BCUT2D eigenvalue weighted by Crippen LogP contribution is -2.30. The molecule has 0 fully saturated rings. The largest absolute Gasteiger partial charge is 0.457 e. The van der Waals surface area contributed by atoms with E-state index < -0.39 is 17.6 Å². The molecule has 0 radical (unpaired) electrons. The molecule has 5 rings (SSSR count). The van der Waals surface area contributed by atoms with E-state index in [9.17, 15) is 22.4 Å². The maximum absolute atomic E-state index is 14.7. The van der Waals surface area contributed by atoms with Crippen molar-refractivity contribution in [1.29, 1.82) is 0 Å². The predicted octanol–water partition coefficient (Wildman–Crippen LogP) is 8.84. The lowest BCUT2D eigenvalue weighted by Gasteiger charge is -2.19. The quantitative estimate of drug-likeness (QED) is 0.168. The van der Waals surface area contributed by atoms with Crippen LogP contribution in [0.15, 0.2) is 84.9 Å². The van der Waals surface area contributed by atoms with Crippen LogP contribution in [0.1, 0.15) is 35.3 Å². The van der Waals surface area contributed by atoms with E-state index in [1.165, 1.54) is 22.9 Å². The Kier molecular flexibility index (Phi) is 8.22. The number of hydrogen-bond acceptors (Lipinski definition) is 3. The number of fused-ring (bicyclic) bond motifs is 1. The lowest BCUT2D eigenvalue weighted by atomic mass is 10.0. The van der Waals surface area contributed by atoms with Crippen molar-refractivity contribution in [3.63, 3.8) is 0 Å². The molecule has 216 valence electrons. The van der Waals surface area contributed by atoms with Crippen LogP contribution in [0.3, 0.4) is 0 Å². The number of ether oxygens (including phenoxy) is 1. The number of hydrogen-bond donors (Lipinski definition) is 0. The summed E-state index contributed by atoms with van der Waals surface area (Å²) in [6.07, 6.45) is -4.62. The SMILES string of the molecule is CCN(CC)C(=O)c1cccc(Oc2ccc(-c3c4cccc(C(F)(F)F)c4nn3Cc3ccc(Cl)cc3F)cc2)c1. The Morgan fingerprint density at radius 2 is 1.64 bits per heavy atom. The number of halogens is 5. The van der Waals surface area contributed by atoms with E-state index >= 15 is 0 Å². The van der Waals surface area contributed by atoms with Gasteiger partial charge in [-0.3, -0.25) is 9.48 Å². The second kappa shape index (κ2) is 11.9. The number of alkyl halides is 3. The van der Waals surface area contributed by atoms with Crippen LogP contribution in [-0.4, -0.2) is 33.7 Å². The van der Waals surface area contributed by atoms with E-state index in [0.717, 1.165) is 12.1 Å². The molecule has 0 bridgehead atoms. The first-order valence-electron chi connectivity index (χ1n) is 13.3. The van der Waals surface area contributed by atoms with Crippen molar-refractivity contribution in [2.45, 2.75) is 26.6 Å². The van der Waals surface area contributed by atoms with E-state index in [2.05, 4.69) is 5.10 Å². The Morgan fingerprint density at radius 1 is 0.929 bits per heavy atom. The fourth-order valence-corrected chi connectivity index (χ4v) is 4.97. The van der Waals surface area contributed by atoms with E-state index in [4.69, 9.17) is 16.3 Å². The molecule has 5 nitrogen and oxygen atoms in total. The summed E-state index contributed by atoms with van der Waals surface area (Å²) < 4.78 is 63.6. The Labute approximate surface area is 244 Å². The summed E-state index contributed by atoms with van der Waals surface area (Å²) in [5, 5.41) is 4.77. The fourth-order valence-electron chi connectivity index (χ4n) is 4.81. The minimum Gasteiger partial charge on any atom is -0.457 e. The highest BCUT2D eigenvalue weighted by molar-refractivity contribution is 6.30. The first-order chi connectivity index (χ1) is 20.1. The summed E-state index contributed by atoms with van der Waals surface area (Å²) in [5.74, 6) is 0.233. The number of rotatable bonds is 8. The molecule has 42 heavy (non-hydrogen) atoms. The molecule has 0 unspecified atom stereocenters. The smallest absolute Gasteiger partial charge is 0.418 e. The standard InChI is InChI=1S/C32H26ClF4N3O2/c1-3-39(4-2)31(41)21-7-5-8-25(17-21)42-24-15-12-20(13-16-24)30-26-9-6-10-27(32(35,36)37)29(26)38-40(30)19-22-11-14-23(33)18-28(22)34/h5-18H,3-4,19H2,1-2H3. The molecule has 1 aromatic heterocycles. The van der Waals surface area contributed by atoms with Gasteiger partial charge in [0.1, 0.15) is 22.8 Å². The number of carbonyl (C=O) groups excluding carboxylic acids is 1. The first kappa shape index (κ1) is 29.1. The third-order valence-corrected chi connectivity index (χ3v) is 7.14. The third kappa shape index (κ3) is 5.97. The molecule has 0 atom stereocenters. The Bertz CT molecular complexity index is 1750. The average Bonchev–Trinajstić information content (AvgIpc) is 3.33. The number of carbonyl (C=O) groups is 1. The van der Waals surface area contributed by atoms with Crippen LogP contribution in [-0.2, 0) is 12.7 Å². The Balaban J connectivity index is 1.51. The molecule has 0 aliphatic heterocycles. The summed E-state index contributed by atoms with van der Waals surface area (Å²) in [7, 11) is 0. The van der Waals surface area contributed by atoms with Crippen LogP contribution in [0.5, 0.6) is 11.5 Å². The van der Waals surface area contributed by atoms with Crippen LogP contribution in [0.4, 0.5) is 17.6 Å². The van der Waals surface area contributed by atoms with Gasteiger partial charge in [-0.2, -0.15) is 18.3 Å². The molecule has 4 aromatic carbocycles. The van der Waals surface area contributed by atoms with Crippen molar-refractivity contribution in [2.75, 3.05) is 13.1 Å². The number of amides is 1. The molecular formula is C32H26ClF4N3O2. The molecular weight excluding hydrogens is 570 g/mol. The van der Waals surface area contributed by atoms with Crippen molar-refractivity contribution in [1.82, 2.24) is 14.7 Å². The van der Waals surface area contributed by atoms with Gasteiger partial charge < -0.3 is 9.64 Å². The van der Waals surface area contributed by atoms with Crippen LogP contribution >= 0.6 is 11.6 Å². The minimum atomic E-state index is -4.62. The van der Waals surface area contributed by atoms with Gasteiger partial charge >= 0.3 is 6.18 Å². The highest BCUT2D eigenvalue weighted by Gasteiger charge is 2.34. The van der Waals surface area contributed by atoms with Crippen molar-refractivity contribution < 1.29 is 27.1 Å². The van der Waals surface area contributed by atoms with Gasteiger partial charge in [0.25, 0.3) is 5.91 Å². The van der Waals surface area contributed by atoms with Crippen LogP contribution in [0.25, 0.3) is 22.2 Å². The Morgan fingerprint density at radius 3 is 2.31 bits per heavy atom. The maximum Gasteiger partial charge on any atom is 0.418 e. The zero-order chi connectivity index (χ0) is 30.0. The van der Waals surface area contributed by atoms with Crippen LogP contribution in [0, 0.1) is 5.82 Å². The number of aromatic nitrogens is 2. The topological polar surface area (TPSA) is 47.4 Å². The fraction of sp³-hybridized carbons (Fsp3) is 0.188. The number of nitrogens with zero attached hydrogens (tertiary/aromatic N) is 3.